The van der Waals surface area contributed by atoms with Gasteiger partial charge in [0.25, 0.3) is 5.69 Å². The molecule has 1 aromatic heterocycles. The van der Waals surface area contributed by atoms with Gasteiger partial charge in [-0.05, 0) is 69.6 Å². The minimum atomic E-state index is -0.835. The van der Waals surface area contributed by atoms with Crippen molar-refractivity contribution < 1.29 is 33.1 Å². The van der Waals surface area contributed by atoms with Crippen molar-refractivity contribution >= 4 is 34.2 Å². The van der Waals surface area contributed by atoms with Crippen LogP contribution in [0.25, 0.3) is 10.9 Å². The van der Waals surface area contributed by atoms with E-state index in [4.69, 9.17) is 14.2 Å². The summed E-state index contributed by atoms with van der Waals surface area (Å²) >= 11 is 0. The second-order valence-corrected chi connectivity index (χ2v) is 10.7. The number of carbonyl (C=O) groups excluding carboxylic acids is 2. The number of benzene rings is 2. The van der Waals surface area contributed by atoms with E-state index < -0.39 is 22.1 Å². The molecule has 5 rings (SSSR count). The average molecular weight is 582 g/mol. The van der Waals surface area contributed by atoms with E-state index in [2.05, 4.69) is 5.32 Å². The van der Waals surface area contributed by atoms with Gasteiger partial charge in [0.15, 0.2) is 11.6 Å². The number of ether oxygens (including phenoxy) is 3. The quantitative estimate of drug-likeness (QED) is 0.191. The molecule has 0 saturated heterocycles. The Bertz CT molecular complexity index is 1570. The molecule has 2 aromatic carbocycles. The van der Waals surface area contributed by atoms with Gasteiger partial charge >= 0.3 is 5.97 Å². The fourth-order valence-electron chi connectivity index (χ4n) is 5.46. The lowest BCUT2D eigenvalue weighted by Gasteiger charge is -2.28. The number of anilines is 1. The number of halogens is 1. The van der Waals surface area contributed by atoms with E-state index in [1.165, 1.54) is 25.4 Å². The smallest absolute Gasteiger partial charge is 0.343 e. The van der Waals surface area contributed by atoms with Crippen LogP contribution in [-0.2, 0) is 9.53 Å². The molecule has 0 unspecified atom stereocenters. The minimum absolute atomic E-state index is 0.00712. The Kier molecular flexibility index (Phi) is 8.41. The van der Waals surface area contributed by atoms with Crippen LogP contribution < -0.4 is 20.2 Å². The summed E-state index contributed by atoms with van der Waals surface area (Å²) in [7, 11) is 1.35. The Hall–Kier alpha value is -4.48. The first-order chi connectivity index (χ1) is 20.2. The number of nitro benzene ring substituents is 1. The molecule has 222 valence electrons. The predicted octanol–water partition coefficient (Wildman–Crippen LogP) is 5.39. The standard InChI is InChI=1S/C30H32FN3O8/c1-3-41-30(37)23-15-33(19-8-9-19)26-22(27(23)35)14-24(31)25(28(26)40-2)32-29(36)18-6-4-17(5-7-18)16-42-21-12-10-20(11-13-21)34(38)39/h10-15,17-19H,3-9,16H2,1-2H3,(H,32,36). The number of hydrogen-bond donors (Lipinski definition) is 1. The van der Waals surface area contributed by atoms with Gasteiger partial charge in [0.2, 0.25) is 11.3 Å². The molecular formula is C30H32FN3O8. The third-order valence-corrected chi connectivity index (χ3v) is 7.86. The fraction of sp³-hybridized carbons (Fsp3) is 0.433. The highest BCUT2D eigenvalue weighted by Crippen LogP contribution is 2.43. The van der Waals surface area contributed by atoms with Crippen molar-refractivity contribution in [2.45, 2.75) is 51.5 Å². The highest BCUT2D eigenvalue weighted by molar-refractivity contribution is 6.01. The van der Waals surface area contributed by atoms with E-state index in [1.54, 1.807) is 23.6 Å². The number of nitrogens with zero attached hydrogens (tertiary/aromatic N) is 2. The van der Waals surface area contributed by atoms with Crippen molar-refractivity contribution in [3.8, 4) is 11.5 Å². The summed E-state index contributed by atoms with van der Waals surface area (Å²) in [6.45, 7) is 2.15. The van der Waals surface area contributed by atoms with Gasteiger partial charge < -0.3 is 24.1 Å². The predicted molar refractivity (Wildman–Crippen MR) is 152 cm³/mol. The molecule has 42 heavy (non-hydrogen) atoms. The monoisotopic (exact) mass is 581 g/mol. The fourth-order valence-corrected chi connectivity index (χ4v) is 5.46. The summed E-state index contributed by atoms with van der Waals surface area (Å²) in [6.07, 6.45) is 5.67. The number of esters is 1. The third kappa shape index (κ3) is 5.93. The Morgan fingerprint density at radius 1 is 1.12 bits per heavy atom. The molecule has 11 nitrogen and oxygen atoms in total. The van der Waals surface area contributed by atoms with Crippen molar-refractivity contribution in [2.24, 2.45) is 11.8 Å². The highest BCUT2D eigenvalue weighted by atomic mass is 19.1. The summed E-state index contributed by atoms with van der Waals surface area (Å²) in [4.78, 5) is 49.3. The molecule has 3 aromatic rings. The summed E-state index contributed by atoms with van der Waals surface area (Å²) in [5.74, 6) is -1.52. The topological polar surface area (TPSA) is 139 Å². The van der Waals surface area contributed by atoms with Crippen LogP contribution >= 0.6 is 0 Å². The number of methoxy groups -OCH3 is 1. The van der Waals surface area contributed by atoms with E-state index in [0.29, 0.717) is 30.7 Å². The number of nitro groups is 1. The molecule has 2 saturated carbocycles. The van der Waals surface area contributed by atoms with Gasteiger partial charge in [-0.2, -0.15) is 0 Å². The van der Waals surface area contributed by atoms with Crippen LogP contribution in [0, 0.1) is 27.8 Å². The van der Waals surface area contributed by atoms with Crippen LogP contribution in [0.15, 0.2) is 41.3 Å². The van der Waals surface area contributed by atoms with Gasteiger partial charge in [0.05, 0.1) is 36.1 Å². The number of pyridine rings is 1. The van der Waals surface area contributed by atoms with Crippen molar-refractivity contribution in [3.05, 3.63) is 68.2 Å². The Morgan fingerprint density at radius 2 is 1.81 bits per heavy atom. The molecule has 1 heterocycles. The molecule has 1 amide bonds. The molecule has 0 spiro atoms. The zero-order valence-corrected chi connectivity index (χ0v) is 23.4. The van der Waals surface area contributed by atoms with Crippen molar-refractivity contribution in [1.29, 1.82) is 0 Å². The van der Waals surface area contributed by atoms with Gasteiger partial charge in [-0.15, -0.1) is 0 Å². The first kappa shape index (κ1) is 29.0. The second kappa shape index (κ2) is 12.2. The zero-order chi connectivity index (χ0) is 30.0. The molecule has 2 aliphatic carbocycles. The maximum Gasteiger partial charge on any atom is 0.343 e. The molecular weight excluding hydrogens is 549 g/mol. The number of amides is 1. The van der Waals surface area contributed by atoms with E-state index in [-0.39, 0.29) is 58.5 Å². The lowest BCUT2D eigenvalue weighted by molar-refractivity contribution is -0.384. The van der Waals surface area contributed by atoms with Crippen molar-refractivity contribution in [1.82, 2.24) is 4.57 Å². The second-order valence-electron chi connectivity index (χ2n) is 10.7. The average Bonchev–Trinajstić information content (AvgIpc) is 3.83. The Labute approximate surface area is 240 Å². The van der Waals surface area contributed by atoms with Crippen molar-refractivity contribution in [2.75, 3.05) is 25.6 Å². The first-order valence-electron chi connectivity index (χ1n) is 14.0. The summed E-state index contributed by atoms with van der Waals surface area (Å²) < 4.78 is 33.6. The van der Waals surface area contributed by atoms with Gasteiger partial charge in [0.1, 0.15) is 17.0 Å². The first-order valence-corrected chi connectivity index (χ1v) is 14.0. The normalized spacial score (nSPS) is 18.4. The largest absolute Gasteiger partial charge is 0.493 e. The SMILES string of the molecule is CCOC(=O)c1cn(C2CC2)c2c(OC)c(NC(=O)C3CCC(COc4ccc([N+](=O)[O-])cc4)CC3)c(F)cc2c1=O. The van der Waals surface area contributed by atoms with Gasteiger partial charge in [-0.3, -0.25) is 19.7 Å². The molecule has 0 atom stereocenters. The number of fused-ring (bicyclic) bond motifs is 1. The van der Waals surface area contributed by atoms with Crippen LogP contribution in [0.5, 0.6) is 11.5 Å². The van der Waals surface area contributed by atoms with E-state index >= 15 is 4.39 Å². The Morgan fingerprint density at radius 3 is 2.40 bits per heavy atom. The van der Waals surface area contributed by atoms with E-state index in [0.717, 1.165) is 31.7 Å². The molecule has 2 aliphatic rings. The summed E-state index contributed by atoms with van der Waals surface area (Å²) in [5.41, 5.74) is -0.669. The highest BCUT2D eigenvalue weighted by Gasteiger charge is 2.32. The van der Waals surface area contributed by atoms with Gasteiger partial charge in [0, 0.05) is 30.3 Å². The third-order valence-electron chi connectivity index (χ3n) is 7.86. The lowest BCUT2D eigenvalue weighted by atomic mass is 9.82. The molecule has 0 radical (unpaired) electrons. The summed E-state index contributed by atoms with van der Waals surface area (Å²) in [5, 5.41) is 13.5. The van der Waals surface area contributed by atoms with Crippen LogP contribution in [0.2, 0.25) is 0 Å². The summed E-state index contributed by atoms with van der Waals surface area (Å²) in [6, 6.07) is 6.95. The molecule has 1 N–H and O–H groups in total. The molecule has 0 aliphatic heterocycles. The van der Waals surface area contributed by atoms with Gasteiger partial charge in [-0.1, -0.05) is 0 Å². The van der Waals surface area contributed by atoms with Crippen LogP contribution in [0.3, 0.4) is 0 Å². The lowest BCUT2D eigenvalue weighted by Crippen LogP contribution is -2.29. The van der Waals surface area contributed by atoms with Crippen molar-refractivity contribution in [3.63, 3.8) is 0 Å². The maximum absolute atomic E-state index is 15.5. The number of aromatic nitrogens is 1. The van der Waals surface area contributed by atoms with Crippen LogP contribution in [-0.4, -0.2) is 41.7 Å². The number of carbonyl (C=O) groups is 2. The molecule has 0 bridgehead atoms. The zero-order valence-electron chi connectivity index (χ0n) is 23.4. The van der Waals surface area contributed by atoms with E-state index in [1.807, 2.05) is 0 Å². The van der Waals surface area contributed by atoms with Crippen LogP contribution in [0.4, 0.5) is 15.8 Å². The molecule has 2 fully saturated rings. The van der Waals surface area contributed by atoms with E-state index in [9.17, 15) is 24.5 Å². The number of nitrogens with one attached hydrogen (secondary N) is 1. The molecule has 12 heteroatoms. The number of hydrogen-bond acceptors (Lipinski definition) is 8. The van der Waals surface area contributed by atoms with Crippen LogP contribution in [0.1, 0.15) is 61.8 Å². The van der Waals surface area contributed by atoms with Gasteiger partial charge in [-0.25, -0.2) is 9.18 Å². The number of non-ortho nitro benzene ring substituents is 1. The minimum Gasteiger partial charge on any atom is -0.493 e. The Balaban J connectivity index is 1.30. The number of rotatable bonds is 10. The maximum atomic E-state index is 15.5.